The number of amides is 1. The molecule has 0 bridgehead atoms. The topological polar surface area (TPSA) is 72.8 Å². The second-order valence-electron chi connectivity index (χ2n) is 4.20. The summed E-state index contributed by atoms with van der Waals surface area (Å²) in [5.74, 6) is 0.0368. The fourth-order valence-corrected chi connectivity index (χ4v) is 1.79. The van der Waals surface area contributed by atoms with Gasteiger partial charge in [0.1, 0.15) is 0 Å². The predicted octanol–water partition coefficient (Wildman–Crippen LogP) is -1.06. The number of likely N-dealkylation sites (tertiary alicyclic amines) is 1. The lowest BCUT2D eigenvalue weighted by Crippen LogP contribution is -2.57. The van der Waals surface area contributed by atoms with Crippen LogP contribution < -0.4 is 5.32 Å². The Morgan fingerprint density at radius 1 is 1.53 bits per heavy atom. The Balaban J connectivity index is 2.63. The molecule has 0 aromatic heterocycles. The van der Waals surface area contributed by atoms with Crippen molar-refractivity contribution in [1.29, 1.82) is 0 Å². The fourth-order valence-electron chi connectivity index (χ4n) is 1.79. The molecule has 88 valence electrons. The summed E-state index contributed by atoms with van der Waals surface area (Å²) in [6.45, 7) is 2.29. The number of hydrogen-bond donors (Lipinski definition) is 3. The van der Waals surface area contributed by atoms with E-state index in [1.165, 1.54) is 0 Å². The van der Waals surface area contributed by atoms with Crippen LogP contribution in [-0.2, 0) is 4.79 Å². The van der Waals surface area contributed by atoms with Crippen molar-refractivity contribution in [3.63, 3.8) is 0 Å². The summed E-state index contributed by atoms with van der Waals surface area (Å²) < 4.78 is 0. The minimum atomic E-state index is -0.731. The summed E-state index contributed by atoms with van der Waals surface area (Å²) >= 11 is 0. The molecule has 1 aliphatic rings. The SMILES string of the molecule is CCC(CO)(CO)NC1CCN(C)C1=O. The molecule has 5 nitrogen and oxygen atoms in total. The van der Waals surface area contributed by atoms with E-state index < -0.39 is 5.54 Å². The van der Waals surface area contributed by atoms with Gasteiger partial charge in [-0.05, 0) is 12.8 Å². The Hall–Kier alpha value is -0.650. The highest BCUT2D eigenvalue weighted by atomic mass is 16.3. The smallest absolute Gasteiger partial charge is 0.239 e. The van der Waals surface area contributed by atoms with Crippen LogP contribution in [0.3, 0.4) is 0 Å². The zero-order valence-corrected chi connectivity index (χ0v) is 9.36. The highest BCUT2D eigenvalue weighted by Gasteiger charge is 2.36. The van der Waals surface area contributed by atoms with E-state index in [4.69, 9.17) is 0 Å². The molecule has 0 radical (unpaired) electrons. The summed E-state index contributed by atoms with van der Waals surface area (Å²) in [6.07, 6.45) is 1.32. The molecule has 1 fully saturated rings. The highest BCUT2D eigenvalue weighted by molar-refractivity contribution is 5.83. The standard InChI is InChI=1S/C10H20N2O3/c1-3-10(6-13,7-14)11-8-4-5-12(2)9(8)15/h8,11,13-14H,3-7H2,1-2H3. The molecule has 0 saturated carbocycles. The molecule has 0 aromatic rings. The van der Waals surface area contributed by atoms with Gasteiger partial charge >= 0.3 is 0 Å². The van der Waals surface area contributed by atoms with Gasteiger partial charge in [0.15, 0.2) is 0 Å². The van der Waals surface area contributed by atoms with Gasteiger partial charge in [0, 0.05) is 13.6 Å². The number of carbonyl (C=O) groups excluding carboxylic acids is 1. The van der Waals surface area contributed by atoms with Gasteiger partial charge in [-0.3, -0.25) is 10.1 Å². The van der Waals surface area contributed by atoms with Gasteiger partial charge in [0.25, 0.3) is 0 Å². The summed E-state index contributed by atoms with van der Waals surface area (Å²) in [5, 5.41) is 21.6. The molecule has 3 N–H and O–H groups in total. The van der Waals surface area contributed by atoms with Gasteiger partial charge < -0.3 is 15.1 Å². The Labute approximate surface area is 90.1 Å². The quantitative estimate of drug-likeness (QED) is 0.548. The summed E-state index contributed by atoms with van der Waals surface area (Å²) in [7, 11) is 1.76. The normalized spacial score (nSPS) is 22.5. The van der Waals surface area contributed by atoms with Gasteiger partial charge in [-0.15, -0.1) is 0 Å². The number of aliphatic hydroxyl groups excluding tert-OH is 2. The maximum Gasteiger partial charge on any atom is 0.239 e. The largest absolute Gasteiger partial charge is 0.394 e. The average molecular weight is 216 g/mol. The molecule has 1 aliphatic heterocycles. The van der Waals surface area contributed by atoms with Crippen LogP contribution in [0.25, 0.3) is 0 Å². The van der Waals surface area contributed by atoms with Gasteiger partial charge in [0.2, 0.25) is 5.91 Å². The molecule has 0 spiro atoms. The van der Waals surface area contributed by atoms with Crippen molar-refractivity contribution in [3.05, 3.63) is 0 Å². The maximum atomic E-state index is 11.6. The van der Waals surface area contributed by atoms with Crippen LogP contribution >= 0.6 is 0 Å². The molecule has 15 heavy (non-hydrogen) atoms. The molecular formula is C10H20N2O3. The van der Waals surface area contributed by atoms with Crippen molar-refractivity contribution in [1.82, 2.24) is 10.2 Å². The van der Waals surface area contributed by atoms with E-state index in [1.54, 1.807) is 11.9 Å². The molecule has 5 heteroatoms. The number of aliphatic hydroxyl groups is 2. The molecule has 0 aromatic carbocycles. The number of nitrogens with one attached hydrogen (secondary N) is 1. The van der Waals surface area contributed by atoms with E-state index in [1.807, 2.05) is 6.92 Å². The maximum absolute atomic E-state index is 11.6. The lowest BCUT2D eigenvalue weighted by Gasteiger charge is -2.32. The molecular weight excluding hydrogens is 196 g/mol. The molecule has 1 rings (SSSR count). The molecule has 0 aliphatic carbocycles. The van der Waals surface area contributed by atoms with E-state index >= 15 is 0 Å². The third-order valence-electron chi connectivity index (χ3n) is 3.19. The van der Waals surface area contributed by atoms with Crippen molar-refractivity contribution >= 4 is 5.91 Å². The molecule has 1 saturated heterocycles. The van der Waals surface area contributed by atoms with Crippen LogP contribution in [0.5, 0.6) is 0 Å². The Morgan fingerprint density at radius 3 is 2.47 bits per heavy atom. The van der Waals surface area contributed by atoms with Gasteiger partial charge in [-0.1, -0.05) is 6.92 Å². The Bertz CT molecular complexity index is 220. The lowest BCUT2D eigenvalue weighted by atomic mass is 9.96. The molecule has 1 heterocycles. The first-order chi connectivity index (χ1) is 7.08. The predicted molar refractivity (Wildman–Crippen MR) is 56.4 cm³/mol. The van der Waals surface area contributed by atoms with E-state index in [0.29, 0.717) is 6.42 Å². The zero-order chi connectivity index (χ0) is 11.5. The minimum Gasteiger partial charge on any atom is -0.394 e. The van der Waals surface area contributed by atoms with Crippen LogP contribution in [0.4, 0.5) is 0 Å². The van der Waals surface area contributed by atoms with E-state index in [9.17, 15) is 15.0 Å². The second-order valence-corrected chi connectivity index (χ2v) is 4.20. The lowest BCUT2D eigenvalue weighted by molar-refractivity contribution is -0.129. The van der Waals surface area contributed by atoms with Crippen molar-refractivity contribution in [2.24, 2.45) is 0 Å². The van der Waals surface area contributed by atoms with E-state index in [2.05, 4.69) is 5.32 Å². The third-order valence-corrected chi connectivity index (χ3v) is 3.19. The van der Waals surface area contributed by atoms with Crippen LogP contribution in [0.15, 0.2) is 0 Å². The molecule has 1 atom stereocenters. The van der Waals surface area contributed by atoms with Crippen LogP contribution in [0.1, 0.15) is 19.8 Å². The van der Waals surface area contributed by atoms with E-state index in [0.717, 1.165) is 13.0 Å². The first kappa shape index (κ1) is 12.4. The highest BCUT2D eigenvalue weighted by Crippen LogP contribution is 2.15. The first-order valence-electron chi connectivity index (χ1n) is 5.33. The number of likely N-dealkylation sites (N-methyl/N-ethyl adjacent to an activating group) is 1. The number of rotatable bonds is 5. The van der Waals surface area contributed by atoms with Crippen molar-refractivity contribution in [2.45, 2.75) is 31.3 Å². The van der Waals surface area contributed by atoms with E-state index in [-0.39, 0.29) is 25.2 Å². The van der Waals surface area contributed by atoms with Crippen molar-refractivity contribution in [2.75, 3.05) is 26.8 Å². The monoisotopic (exact) mass is 216 g/mol. The van der Waals surface area contributed by atoms with Crippen LogP contribution in [0, 0.1) is 0 Å². The first-order valence-corrected chi connectivity index (χ1v) is 5.33. The Morgan fingerprint density at radius 2 is 2.13 bits per heavy atom. The van der Waals surface area contributed by atoms with Crippen molar-refractivity contribution in [3.8, 4) is 0 Å². The third kappa shape index (κ3) is 2.48. The molecule has 1 unspecified atom stereocenters. The van der Waals surface area contributed by atoms with Crippen LogP contribution in [-0.4, -0.2) is 59.4 Å². The number of hydrogen-bond acceptors (Lipinski definition) is 4. The zero-order valence-electron chi connectivity index (χ0n) is 9.36. The van der Waals surface area contributed by atoms with Crippen LogP contribution in [0.2, 0.25) is 0 Å². The number of nitrogens with zero attached hydrogens (tertiary/aromatic N) is 1. The Kier molecular flexibility index (Phi) is 4.07. The summed E-state index contributed by atoms with van der Waals surface area (Å²) in [6, 6.07) is -0.269. The molecule has 1 amide bonds. The summed E-state index contributed by atoms with van der Waals surface area (Å²) in [4.78, 5) is 13.3. The average Bonchev–Trinajstić information content (AvgIpc) is 2.57. The fraction of sp³-hybridized carbons (Fsp3) is 0.900. The summed E-state index contributed by atoms with van der Waals surface area (Å²) in [5.41, 5.74) is -0.731. The number of carbonyl (C=O) groups is 1. The van der Waals surface area contributed by atoms with Gasteiger partial charge in [-0.25, -0.2) is 0 Å². The second kappa shape index (κ2) is 4.92. The van der Waals surface area contributed by atoms with Gasteiger partial charge in [0.05, 0.1) is 24.8 Å². The van der Waals surface area contributed by atoms with Crippen molar-refractivity contribution < 1.29 is 15.0 Å². The minimum absolute atomic E-state index is 0.0368. The van der Waals surface area contributed by atoms with Gasteiger partial charge in [-0.2, -0.15) is 0 Å².